The number of amides is 2. The average molecular weight is 377 g/mol. The molecule has 0 radical (unpaired) electrons. The standard InChI is InChI=1S/C21H23N5O2/c1-15-6-2-3-7-16(15)12-19-24-25-20(28-19)13-23-18-9-5-4-8-17(18)14-26-11-10-22-21(26)27/h2-9,23H,10-14H2,1H3,(H,22,27). The monoisotopic (exact) mass is 377 g/mol. The molecule has 0 bridgehead atoms. The van der Waals surface area contributed by atoms with Gasteiger partial charge in [0.25, 0.3) is 0 Å². The van der Waals surface area contributed by atoms with E-state index in [9.17, 15) is 4.79 Å². The first-order valence-electron chi connectivity index (χ1n) is 9.39. The Bertz CT molecular complexity index is 969. The zero-order chi connectivity index (χ0) is 19.3. The predicted molar refractivity (Wildman–Crippen MR) is 106 cm³/mol. The molecule has 2 N–H and O–H groups in total. The van der Waals surface area contributed by atoms with Gasteiger partial charge in [-0.1, -0.05) is 42.5 Å². The number of nitrogens with zero attached hydrogens (tertiary/aromatic N) is 3. The summed E-state index contributed by atoms with van der Waals surface area (Å²) in [4.78, 5) is 13.6. The Morgan fingerprint density at radius 3 is 2.61 bits per heavy atom. The quantitative estimate of drug-likeness (QED) is 0.661. The van der Waals surface area contributed by atoms with Crippen molar-refractivity contribution in [1.82, 2.24) is 20.4 Å². The van der Waals surface area contributed by atoms with Crippen molar-refractivity contribution in [3.63, 3.8) is 0 Å². The van der Waals surface area contributed by atoms with Crippen LogP contribution in [-0.2, 0) is 19.5 Å². The summed E-state index contributed by atoms with van der Waals surface area (Å²) in [5.74, 6) is 1.14. The lowest BCUT2D eigenvalue weighted by Gasteiger charge is -2.17. The molecule has 7 heteroatoms. The van der Waals surface area contributed by atoms with Gasteiger partial charge in [0, 0.05) is 25.3 Å². The van der Waals surface area contributed by atoms with Crippen LogP contribution < -0.4 is 10.6 Å². The Kier molecular flexibility index (Phi) is 5.23. The number of para-hydroxylation sites is 1. The predicted octanol–water partition coefficient (Wildman–Crippen LogP) is 3.11. The van der Waals surface area contributed by atoms with Crippen LogP contribution in [0.1, 0.15) is 28.5 Å². The number of carbonyl (C=O) groups excluding carboxylic acids is 1. The molecule has 0 atom stereocenters. The SMILES string of the molecule is Cc1ccccc1Cc1nnc(CNc2ccccc2CN2CCNC2=O)o1. The van der Waals surface area contributed by atoms with Crippen molar-refractivity contribution in [2.24, 2.45) is 0 Å². The second-order valence-electron chi connectivity index (χ2n) is 6.86. The fraction of sp³-hybridized carbons (Fsp3) is 0.286. The molecule has 144 valence electrons. The first-order valence-corrected chi connectivity index (χ1v) is 9.39. The fourth-order valence-electron chi connectivity index (χ4n) is 3.27. The highest BCUT2D eigenvalue weighted by molar-refractivity contribution is 5.76. The zero-order valence-corrected chi connectivity index (χ0v) is 15.8. The highest BCUT2D eigenvalue weighted by Gasteiger charge is 2.20. The number of carbonyl (C=O) groups is 1. The van der Waals surface area contributed by atoms with Crippen molar-refractivity contribution >= 4 is 11.7 Å². The van der Waals surface area contributed by atoms with E-state index in [2.05, 4.69) is 39.9 Å². The molecule has 0 unspecified atom stereocenters. The van der Waals surface area contributed by atoms with E-state index in [1.165, 1.54) is 11.1 Å². The van der Waals surface area contributed by atoms with E-state index in [4.69, 9.17) is 4.42 Å². The van der Waals surface area contributed by atoms with E-state index < -0.39 is 0 Å². The number of aromatic nitrogens is 2. The molecule has 1 fully saturated rings. The first kappa shape index (κ1) is 18.0. The minimum absolute atomic E-state index is 0.0208. The second kappa shape index (κ2) is 8.12. The van der Waals surface area contributed by atoms with Gasteiger partial charge in [-0.2, -0.15) is 0 Å². The van der Waals surface area contributed by atoms with E-state index in [-0.39, 0.29) is 6.03 Å². The molecule has 2 amide bonds. The lowest BCUT2D eigenvalue weighted by Crippen LogP contribution is -2.27. The van der Waals surface area contributed by atoms with Gasteiger partial charge in [0.1, 0.15) is 0 Å². The number of nitrogens with one attached hydrogen (secondary N) is 2. The van der Waals surface area contributed by atoms with Crippen LogP contribution >= 0.6 is 0 Å². The molecule has 0 spiro atoms. The van der Waals surface area contributed by atoms with E-state index in [0.717, 1.165) is 17.8 Å². The van der Waals surface area contributed by atoms with Gasteiger partial charge in [-0.15, -0.1) is 10.2 Å². The molecule has 1 aliphatic heterocycles. The molecule has 1 aromatic heterocycles. The molecule has 2 heterocycles. The van der Waals surface area contributed by atoms with Crippen molar-refractivity contribution in [2.75, 3.05) is 18.4 Å². The minimum Gasteiger partial charge on any atom is -0.423 e. The molecule has 2 aromatic carbocycles. The third kappa shape index (κ3) is 4.14. The normalized spacial score (nSPS) is 13.6. The Hall–Kier alpha value is -3.35. The molecule has 28 heavy (non-hydrogen) atoms. The lowest BCUT2D eigenvalue weighted by molar-refractivity contribution is 0.215. The highest BCUT2D eigenvalue weighted by atomic mass is 16.4. The summed E-state index contributed by atoms with van der Waals surface area (Å²) in [6.07, 6.45) is 0.625. The van der Waals surface area contributed by atoms with Gasteiger partial charge in [-0.3, -0.25) is 0 Å². The smallest absolute Gasteiger partial charge is 0.317 e. The Morgan fingerprint density at radius 2 is 1.82 bits per heavy atom. The summed E-state index contributed by atoms with van der Waals surface area (Å²) in [7, 11) is 0. The first-order chi connectivity index (χ1) is 13.7. The summed E-state index contributed by atoms with van der Waals surface area (Å²) in [6, 6.07) is 16.1. The Morgan fingerprint density at radius 1 is 1.07 bits per heavy atom. The summed E-state index contributed by atoms with van der Waals surface area (Å²) >= 11 is 0. The molecule has 0 aliphatic carbocycles. The Labute approximate surface area is 163 Å². The topological polar surface area (TPSA) is 83.3 Å². The molecule has 1 saturated heterocycles. The Balaban J connectivity index is 1.39. The van der Waals surface area contributed by atoms with Crippen molar-refractivity contribution in [3.8, 4) is 0 Å². The summed E-state index contributed by atoms with van der Waals surface area (Å²) < 4.78 is 5.80. The fourth-order valence-corrected chi connectivity index (χ4v) is 3.27. The van der Waals surface area contributed by atoms with Crippen molar-refractivity contribution in [3.05, 3.63) is 77.0 Å². The van der Waals surface area contributed by atoms with Crippen molar-refractivity contribution in [2.45, 2.75) is 26.4 Å². The molecule has 0 saturated carbocycles. The molecule has 1 aliphatic rings. The number of aryl methyl sites for hydroxylation is 1. The molecule has 7 nitrogen and oxygen atoms in total. The molecular formula is C21H23N5O2. The van der Waals surface area contributed by atoms with Gasteiger partial charge in [0.2, 0.25) is 11.8 Å². The third-order valence-corrected chi connectivity index (χ3v) is 4.87. The third-order valence-electron chi connectivity index (χ3n) is 4.87. The lowest BCUT2D eigenvalue weighted by atomic mass is 10.1. The number of urea groups is 1. The van der Waals surface area contributed by atoms with E-state index in [1.807, 2.05) is 36.4 Å². The van der Waals surface area contributed by atoms with Gasteiger partial charge < -0.3 is 20.0 Å². The van der Waals surface area contributed by atoms with Gasteiger partial charge >= 0.3 is 6.03 Å². The molecule has 4 rings (SSSR count). The van der Waals surface area contributed by atoms with Crippen LogP contribution in [0.2, 0.25) is 0 Å². The maximum absolute atomic E-state index is 11.8. The number of hydrogen-bond donors (Lipinski definition) is 2. The average Bonchev–Trinajstić information content (AvgIpc) is 3.32. The van der Waals surface area contributed by atoms with Gasteiger partial charge in [-0.05, 0) is 29.7 Å². The number of rotatable bonds is 7. The summed E-state index contributed by atoms with van der Waals surface area (Å²) in [6.45, 7) is 4.49. The van der Waals surface area contributed by atoms with Crippen LogP contribution in [0.15, 0.2) is 52.9 Å². The van der Waals surface area contributed by atoms with Crippen LogP contribution in [-0.4, -0.2) is 34.2 Å². The number of hydrogen-bond acceptors (Lipinski definition) is 5. The van der Waals surface area contributed by atoms with Crippen molar-refractivity contribution in [1.29, 1.82) is 0 Å². The van der Waals surface area contributed by atoms with Crippen molar-refractivity contribution < 1.29 is 9.21 Å². The van der Waals surface area contributed by atoms with Crippen LogP contribution in [0, 0.1) is 6.92 Å². The van der Waals surface area contributed by atoms with E-state index in [0.29, 0.717) is 37.8 Å². The highest BCUT2D eigenvalue weighted by Crippen LogP contribution is 2.19. The van der Waals surface area contributed by atoms with Crippen LogP contribution in [0.4, 0.5) is 10.5 Å². The summed E-state index contributed by atoms with van der Waals surface area (Å²) in [5, 5.41) is 14.5. The zero-order valence-electron chi connectivity index (χ0n) is 15.8. The minimum atomic E-state index is -0.0208. The maximum atomic E-state index is 11.8. The van der Waals surface area contributed by atoms with E-state index in [1.54, 1.807) is 4.90 Å². The van der Waals surface area contributed by atoms with Crippen LogP contribution in [0.25, 0.3) is 0 Å². The van der Waals surface area contributed by atoms with Crippen LogP contribution in [0.3, 0.4) is 0 Å². The largest absolute Gasteiger partial charge is 0.423 e. The number of anilines is 1. The van der Waals surface area contributed by atoms with Gasteiger partial charge in [-0.25, -0.2) is 4.79 Å². The molecular weight excluding hydrogens is 354 g/mol. The maximum Gasteiger partial charge on any atom is 0.317 e. The van der Waals surface area contributed by atoms with Gasteiger partial charge in [0.05, 0.1) is 13.0 Å². The second-order valence-corrected chi connectivity index (χ2v) is 6.86. The van der Waals surface area contributed by atoms with Gasteiger partial charge in [0.15, 0.2) is 0 Å². The van der Waals surface area contributed by atoms with Crippen LogP contribution in [0.5, 0.6) is 0 Å². The summed E-state index contributed by atoms with van der Waals surface area (Å²) in [5.41, 5.74) is 4.40. The number of benzene rings is 2. The van der Waals surface area contributed by atoms with E-state index >= 15 is 0 Å². The molecule has 3 aromatic rings.